The Kier molecular flexibility index (Phi) is 6.79. The van der Waals surface area contributed by atoms with Crippen LogP contribution in [0.25, 0.3) is 11.3 Å². The minimum atomic E-state index is -0.174. The third kappa shape index (κ3) is 5.56. The zero-order valence-electron chi connectivity index (χ0n) is 16.5. The number of aromatic nitrogens is 3. The predicted octanol–water partition coefficient (Wildman–Crippen LogP) is 3.75. The van der Waals surface area contributed by atoms with E-state index in [-0.39, 0.29) is 6.10 Å². The summed E-state index contributed by atoms with van der Waals surface area (Å²) < 4.78 is 5.54. The van der Waals surface area contributed by atoms with Crippen molar-refractivity contribution in [2.45, 2.75) is 50.7 Å². The van der Waals surface area contributed by atoms with Crippen molar-refractivity contribution < 1.29 is 9.84 Å². The third-order valence-electron chi connectivity index (χ3n) is 5.64. The summed E-state index contributed by atoms with van der Waals surface area (Å²) in [5, 5.41) is 17.1. The molecule has 0 radical (unpaired) electrons. The van der Waals surface area contributed by atoms with Crippen LogP contribution in [0, 0.1) is 5.92 Å². The lowest BCUT2D eigenvalue weighted by atomic mass is 9.93. The zero-order valence-corrected chi connectivity index (χ0v) is 17.2. The second kappa shape index (κ2) is 9.69. The average Bonchev–Trinajstić information content (AvgIpc) is 2.76. The van der Waals surface area contributed by atoms with Crippen LogP contribution in [0.3, 0.4) is 0 Å². The van der Waals surface area contributed by atoms with Crippen molar-refractivity contribution in [1.82, 2.24) is 15.0 Å². The van der Waals surface area contributed by atoms with E-state index in [1.165, 1.54) is 6.42 Å². The fourth-order valence-corrected chi connectivity index (χ4v) is 4.14. The molecule has 156 valence electrons. The number of anilines is 2. The topological polar surface area (TPSA) is 92.2 Å². The van der Waals surface area contributed by atoms with Crippen LogP contribution in [-0.4, -0.2) is 52.0 Å². The van der Waals surface area contributed by atoms with E-state index in [2.05, 4.69) is 20.6 Å². The summed E-state index contributed by atoms with van der Waals surface area (Å²) in [4.78, 5) is 13.4. The number of hydrogen-bond donors (Lipinski definition) is 3. The molecule has 0 unspecified atom stereocenters. The number of hydrogen-bond acceptors (Lipinski definition) is 7. The number of aliphatic hydroxyl groups excluding tert-OH is 1. The molecule has 1 saturated carbocycles. The maximum atomic E-state index is 9.69. The van der Waals surface area contributed by atoms with Gasteiger partial charge in [0.1, 0.15) is 11.6 Å². The summed E-state index contributed by atoms with van der Waals surface area (Å²) in [5.41, 5.74) is 1.52. The Balaban J connectivity index is 1.44. The second-order valence-electron chi connectivity index (χ2n) is 7.95. The summed E-state index contributed by atoms with van der Waals surface area (Å²) in [6, 6.07) is 2.24. The van der Waals surface area contributed by atoms with Crippen LogP contribution < -0.4 is 10.6 Å². The fraction of sp³-hybridized carbons (Fsp3) is 0.571. The van der Waals surface area contributed by atoms with E-state index >= 15 is 0 Å². The van der Waals surface area contributed by atoms with Crippen LogP contribution in [0.4, 0.5) is 11.6 Å². The first kappa shape index (κ1) is 20.3. The Bertz CT molecular complexity index is 807. The Morgan fingerprint density at radius 2 is 1.97 bits per heavy atom. The van der Waals surface area contributed by atoms with Crippen molar-refractivity contribution in [3.63, 3.8) is 0 Å². The largest absolute Gasteiger partial charge is 0.393 e. The standard InChI is InChI=1S/C21H28ClN5O2/c22-18-10-25-20(26-15-3-5-16(28)6-4-15)8-17(18)19-11-23-12-21(27-19)24-9-14-2-1-7-29-13-14/h8,10-12,14-16,28H,1-7,9,13H2,(H,24,27)(H,25,26)/t14-,15-,16-/m0/s1. The molecule has 1 aliphatic heterocycles. The van der Waals surface area contributed by atoms with Gasteiger partial charge < -0.3 is 20.5 Å². The number of pyridine rings is 1. The van der Waals surface area contributed by atoms with Gasteiger partial charge in [0, 0.05) is 31.0 Å². The zero-order chi connectivity index (χ0) is 20.1. The minimum absolute atomic E-state index is 0.174. The lowest BCUT2D eigenvalue weighted by Crippen LogP contribution is -2.28. The van der Waals surface area contributed by atoms with Crippen molar-refractivity contribution in [3.8, 4) is 11.3 Å². The van der Waals surface area contributed by atoms with Crippen molar-refractivity contribution in [2.24, 2.45) is 5.92 Å². The molecule has 1 aliphatic carbocycles. The van der Waals surface area contributed by atoms with Crippen LogP contribution in [-0.2, 0) is 4.74 Å². The monoisotopic (exact) mass is 417 g/mol. The van der Waals surface area contributed by atoms with Gasteiger partial charge in [0.25, 0.3) is 0 Å². The summed E-state index contributed by atoms with van der Waals surface area (Å²) in [7, 11) is 0. The molecular formula is C21H28ClN5O2. The lowest BCUT2D eigenvalue weighted by Gasteiger charge is -2.26. The molecule has 1 atom stereocenters. The van der Waals surface area contributed by atoms with Crippen LogP contribution in [0.1, 0.15) is 38.5 Å². The van der Waals surface area contributed by atoms with Crippen molar-refractivity contribution in [1.29, 1.82) is 0 Å². The number of ether oxygens (including phenoxy) is 1. The molecule has 2 aromatic rings. The highest BCUT2D eigenvalue weighted by Gasteiger charge is 2.20. The fourth-order valence-electron chi connectivity index (χ4n) is 3.94. The van der Waals surface area contributed by atoms with Crippen molar-refractivity contribution in [2.75, 3.05) is 30.4 Å². The minimum Gasteiger partial charge on any atom is -0.393 e. The van der Waals surface area contributed by atoms with Crippen LogP contribution in [0.5, 0.6) is 0 Å². The first-order chi connectivity index (χ1) is 14.2. The lowest BCUT2D eigenvalue weighted by molar-refractivity contribution is 0.0595. The maximum Gasteiger partial charge on any atom is 0.145 e. The first-order valence-corrected chi connectivity index (χ1v) is 10.8. The summed E-state index contributed by atoms with van der Waals surface area (Å²) in [6.45, 7) is 2.48. The predicted molar refractivity (Wildman–Crippen MR) is 114 cm³/mol. The normalized spacial score (nSPS) is 24.8. The van der Waals surface area contributed by atoms with Gasteiger partial charge in [-0.25, -0.2) is 9.97 Å². The van der Waals surface area contributed by atoms with Crippen LogP contribution >= 0.6 is 11.6 Å². The van der Waals surface area contributed by atoms with E-state index < -0.39 is 0 Å². The highest BCUT2D eigenvalue weighted by molar-refractivity contribution is 6.33. The van der Waals surface area contributed by atoms with Gasteiger partial charge in [0.2, 0.25) is 0 Å². The number of nitrogens with one attached hydrogen (secondary N) is 2. The van der Waals surface area contributed by atoms with Gasteiger partial charge in [0.05, 0.1) is 35.8 Å². The summed E-state index contributed by atoms with van der Waals surface area (Å²) >= 11 is 6.42. The molecule has 0 bridgehead atoms. The summed E-state index contributed by atoms with van der Waals surface area (Å²) in [5.74, 6) is 2.01. The van der Waals surface area contributed by atoms with E-state index in [1.54, 1.807) is 18.6 Å². The molecule has 3 heterocycles. The van der Waals surface area contributed by atoms with Crippen LogP contribution in [0.15, 0.2) is 24.7 Å². The van der Waals surface area contributed by atoms with Crippen LogP contribution in [0.2, 0.25) is 5.02 Å². The third-order valence-corrected chi connectivity index (χ3v) is 5.94. The Morgan fingerprint density at radius 3 is 2.76 bits per heavy atom. The van der Waals surface area contributed by atoms with Gasteiger partial charge in [-0.05, 0) is 50.5 Å². The highest BCUT2D eigenvalue weighted by atomic mass is 35.5. The van der Waals surface area contributed by atoms with E-state index in [1.807, 2.05) is 6.07 Å². The van der Waals surface area contributed by atoms with Crippen molar-refractivity contribution in [3.05, 3.63) is 29.7 Å². The molecule has 0 amide bonds. The molecule has 2 aromatic heterocycles. The van der Waals surface area contributed by atoms with Gasteiger partial charge in [-0.15, -0.1) is 0 Å². The first-order valence-electron chi connectivity index (χ1n) is 10.4. The van der Waals surface area contributed by atoms with E-state index in [0.717, 1.165) is 69.1 Å². The second-order valence-corrected chi connectivity index (χ2v) is 8.36. The Labute approximate surface area is 176 Å². The number of aliphatic hydroxyl groups is 1. The molecule has 29 heavy (non-hydrogen) atoms. The molecular weight excluding hydrogens is 390 g/mol. The SMILES string of the molecule is O[C@H]1CC[C@H](Nc2cc(-c3cncc(NC[C@@H]4CCCOC4)n3)c(Cl)cn2)CC1. The van der Waals surface area contributed by atoms with Gasteiger partial charge in [-0.2, -0.15) is 0 Å². The smallest absolute Gasteiger partial charge is 0.145 e. The molecule has 7 nitrogen and oxygen atoms in total. The van der Waals surface area contributed by atoms with E-state index in [9.17, 15) is 5.11 Å². The molecule has 2 fully saturated rings. The Morgan fingerprint density at radius 1 is 1.10 bits per heavy atom. The molecule has 0 spiro atoms. The number of halogens is 1. The molecule has 1 saturated heterocycles. The van der Waals surface area contributed by atoms with Crippen molar-refractivity contribution >= 4 is 23.2 Å². The highest BCUT2D eigenvalue weighted by Crippen LogP contribution is 2.29. The Hall–Kier alpha value is -1.96. The molecule has 3 N–H and O–H groups in total. The molecule has 8 heteroatoms. The molecule has 4 rings (SSSR count). The number of nitrogens with zero attached hydrogens (tertiary/aromatic N) is 3. The van der Waals surface area contributed by atoms with Gasteiger partial charge in [-0.1, -0.05) is 11.6 Å². The average molecular weight is 418 g/mol. The maximum absolute atomic E-state index is 9.69. The number of rotatable bonds is 6. The quantitative estimate of drug-likeness (QED) is 0.659. The summed E-state index contributed by atoms with van der Waals surface area (Å²) in [6.07, 6.45) is 10.7. The van der Waals surface area contributed by atoms with E-state index in [0.29, 0.717) is 22.7 Å². The molecule has 2 aliphatic rings. The van der Waals surface area contributed by atoms with Gasteiger partial charge in [0.15, 0.2) is 0 Å². The molecule has 0 aromatic carbocycles. The van der Waals surface area contributed by atoms with Gasteiger partial charge in [-0.3, -0.25) is 4.98 Å². The van der Waals surface area contributed by atoms with Gasteiger partial charge >= 0.3 is 0 Å². The van der Waals surface area contributed by atoms with E-state index in [4.69, 9.17) is 21.3 Å².